The first-order valence-corrected chi connectivity index (χ1v) is 10.1. The number of nitrogen functional groups attached to an aromatic ring is 1. The summed E-state index contributed by atoms with van der Waals surface area (Å²) >= 11 is 1.27. The summed E-state index contributed by atoms with van der Waals surface area (Å²) in [4.78, 5) is 38.2. The van der Waals surface area contributed by atoms with Gasteiger partial charge in [-0.2, -0.15) is 0 Å². The molecule has 0 radical (unpaired) electrons. The second kappa shape index (κ2) is 8.55. The number of hydrogen-bond donors (Lipinski definition) is 1. The van der Waals surface area contributed by atoms with E-state index in [4.69, 9.17) is 15.2 Å². The summed E-state index contributed by atoms with van der Waals surface area (Å²) in [5.74, 6) is 0.850. The molecule has 2 aromatic rings. The van der Waals surface area contributed by atoms with Crippen LogP contribution in [-0.4, -0.2) is 33.9 Å². The quantitative estimate of drug-likeness (QED) is 0.576. The van der Waals surface area contributed by atoms with Gasteiger partial charge in [0.2, 0.25) is 0 Å². The highest BCUT2D eigenvalue weighted by Crippen LogP contribution is 2.34. The van der Waals surface area contributed by atoms with E-state index in [1.54, 1.807) is 0 Å². The Morgan fingerprint density at radius 1 is 1.21 bits per heavy atom. The topological polar surface area (TPSA) is 106 Å². The van der Waals surface area contributed by atoms with Gasteiger partial charge in [0.05, 0.1) is 19.0 Å². The molecule has 0 amide bonds. The van der Waals surface area contributed by atoms with Crippen molar-refractivity contribution in [3.05, 3.63) is 44.6 Å². The number of aromatic nitrogens is 2. The first-order chi connectivity index (χ1) is 13.4. The summed E-state index contributed by atoms with van der Waals surface area (Å²) in [5, 5.41) is 0. The molecule has 0 unspecified atom stereocenters. The normalized spacial score (nSPS) is 13.2. The third-order valence-electron chi connectivity index (χ3n) is 4.40. The van der Waals surface area contributed by atoms with Gasteiger partial charge in [-0.25, -0.2) is 4.79 Å². The number of rotatable bonds is 6. The molecule has 2 heterocycles. The van der Waals surface area contributed by atoms with Gasteiger partial charge in [-0.15, -0.1) is 11.8 Å². The largest absolute Gasteiger partial charge is 0.490 e. The highest BCUT2D eigenvalue weighted by molar-refractivity contribution is 8.00. The lowest BCUT2D eigenvalue weighted by molar-refractivity contribution is 0.102. The van der Waals surface area contributed by atoms with Crippen molar-refractivity contribution in [1.82, 2.24) is 9.13 Å². The highest BCUT2D eigenvalue weighted by atomic mass is 32.2. The lowest BCUT2D eigenvalue weighted by Gasteiger charge is -2.14. The van der Waals surface area contributed by atoms with E-state index >= 15 is 0 Å². The highest BCUT2D eigenvalue weighted by Gasteiger charge is 2.21. The van der Waals surface area contributed by atoms with E-state index in [-0.39, 0.29) is 17.1 Å². The molecule has 0 bridgehead atoms. The second-order valence-corrected chi connectivity index (χ2v) is 7.48. The van der Waals surface area contributed by atoms with Crippen LogP contribution in [0.2, 0.25) is 0 Å². The Kier molecular flexibility index (Phi) is 6.13. The summed E-state index contributed by atoms with van der Waals surface area (Å²) in [6.45, 7) is 3.41. The van der Waals surface area contributed by atoms with Gasteiger partial charge in [0.25, 0.3) is 5.56 Å². The zero-order valence-electron chi connectivity index (χ0n) is 15.9. The number of carbonyl (C=O) groups excluding carboxylic acids is 1. The van der Waals surface area contributed by atoms with Gasteiger partial charge < -0.3 is 15.2 Å². The lowest BCUT2D eigenvalue weighted by atomic mass is 10.2. The van der Waals surface area contributed by atoms with Crippen molar-refractivity contribution in [3.8, 4) is 11.5 Å². The van der Waals surface area contributed by atoms with E-state index < -0.39 is 17.0 Å². The van der Waals surface area contributed by atoms with Gasteiger partial charge in [0, 0.05) is 24.9 Å². The molecule has 1 aliphatic rings. The molecule has 0 saturated carbocycles. The molecule has 8 nitrogen and oxygen atoms in total. The summed E-state index contributed by atoms with van der Waals surface area (Å²) in [5.41, 5.74) is 4.68. The van der Waals surface area contributed by atoms with Crippen LogP contribution in [0.1, 0.15) is 30.1 Å². The van der Waals surface area contributed by atoms with Gasteiger partial charge >= 0.3 is 5.69 Å². The summed E-state index contributed by atoms with van der Waals surface area (Å²) in [6, 6.07) is 5.46. The third-order valence-corrected chi connectivity index (χ3v) is 5.39. The van der Waals surface area contributed by atoms with Crippen molar-refractivity contribution < 1.29 is 14.3 Å². The van der Waals surface area contributed by atoms with Crippen LogP contribution >= 0.6 is 11.8 Å². The molecule has 0 atom stereocenters. The molecule has 9 heteroatoms. The van der Waals surface area contributed by atoms with E-state index in [9.17, 15) is 14.4 Å². The Labute approximate surface area is 166 Å². The summed E-state index contributed by atoms with van der Waals surface area (Å²) in [6.07, 6.45) is 1.47. The number of nitrogens with two attached hydrogens (primary N) is 1. The number of ketones is 1. The minimum atomic E-state index is -0.667. The van der Waals surface area contributed by atoms with Crippen molar-refractivity contribution in [2.24, 2.45) is 7.05 Å². The first-order valence-electron chi connectivity index (χ1n) is 9.09. The smallest absolute Gasteiger partial charge is 0.332 e. The number of Topliss-reactive ketones (excluding diaryl/α,β-unsaturated/α-hetero) is 1. The molecule has 0 fully saturated rings. The van der Waals surface area contributed by atoms with Crippen LogP contribution in [0.5, 0.6) is 11.5 Å². The average Bonchev–Trinajstić information content (AvgIpc) is 2.93. The van der Waals surface area contributed by atoms with Crippen LogP contribution in [0.4, 0.5) is 5.82 Å². The number of anilines is 1. The Morgan fingerprint density at radius 2 is 1.93 bits per heavy atom. The minimum absolute atomic E-state index is 0.0173. The van der Waals surface area contributed by atoms with E-state index in [1.165, 1.54) is 23.4 Å². The van der Waals surface area contributed by atoms with Crippen LogP contribution in [0.25, 0.3) is 0 Å². The van der Waals surface area contributed by atoms with E-state index in [2.05, 4.69) is 0 Å². The molecule has 1 aliphatic heterocycles. The fourth-order valence-corrected chi connectivity index (χ4v) is 3.74. The van der Waals surface area contributed by atoms with Crippen LogP contribution in [0.15, 0.2) is 32.7 Å². The van der Waals surface area contributed by atoms with Crippen molar-refractivity contribution in [3.63, 3.8) is 0 Å². The SMILES string of the molecule is CCCn1c(N)c(C(=O)CSc2ccc3c(c2)OCCCO3)c(=O)n(C)c1=O. The molecule has 2 N–H and O–H groups in total. The van der Waals surface area contributed by atoms with E-state index in [1.807, 2.05) is 25.1 Å². The monoisotopic (exact) mass is 405 g/mol. The van der Waals surface area contributed by atoms with Crippen LogP contribution < -0.4 is 26.5 Å². The Morgan fingerprint density at radius 3 is 2.64 bits per heavy atom. The fraction of sp³-hybridized carbons (Fsp3) is 0.421. The predicted octanol–water partition coefficient (Wildman–Crippen LogP) is 1.68. The zero-order valence-corrected chi connectivity index (χ0v) is 16.7. The van der Waals surface area contributed by atoms with Gasteiger partial charge in [-0.1, -0.05) is 6.92 Å². The van der Waals surface area contributed by atoms with Crippen molar-refractivity contribution >= 4 is 23.4 Å². The number of carbonyl (C=O) groups is 1. The van der Waals surface area contributed by atoms with E-state index in [0.717, 1.165) is 15.9 Å². The lowest BCUT2D eigenvalue weighted by Crippen LogP contribution is -2.42. The summed E-state index contributed by atoms with van der Waals surface area (Å²) < 4.78 is 13.5. The van der Waals surface area contributed by atoms with Gasteiger partial charge in [0.15, 0.2) is 17.3 Å². The first kappa shape index (κ1) is 20.1. The molecule has 1 aromatic heterocycles. The number of thioether (sulfide) groups is 1. The summed E-state index contributed by atoms with van der Waals surface area (Å²) in [7, 11) is 1.35. The number of hydrogen-bond acceptors (Lipinski definition) is 7. The van der Waals surface area contributed by atoms with Crippen LogP contribution in [0, 0.1) is 0 Å². The maximum absolute atomic E-state index is 12.7. The van der Waals surface area contributed by atoms with Crippen LogP contribution in [-0.2, 0) is 13.6 Å². The van der Waals surface area contributed by atoms with Gasteiger partial charge in [0.1, 0.15) is 11.4 Å². The minimum Gasteiger partial charge on any atom is -0.490 e. The van der Waals surface area contributed by atoms with Gasteiger partial charge in [-0.05, 0) is 24.6 Å². The predicted molar refractivity (Wildman–Crippen MR) is 108 cm³/mol. The molecule has 28 heavy (non-hydrogen) atoms. The Bertz CT molecular complexity index is 1010. The fourth-order valence-electron chi connectivity index (χ4n) is 2.94. The molecular weight excluding hydrogens is 382 g/mol. The molecule has 3 rings (SSSR count). The zero-order chi connectivity index (χ0) is 20.3. The maximum atomic E-state index is 12.7. The molecular formula is C19H23N3O5S. The Balaban J connectivity index is 1.83. The molecule has 0 spiro atoms. The van der Waals surface area contributed by atoms with Crippen molar-refractivity contribution in [2.45, 2.75) is 31.2 Å². The maximum Gasteiger partial charge on any atom is 0.332 e. The van der Waals surface area contributed by atoms with Gasteiger partial charge in [-0.3, -0.25) is 18.7 Å². The second-order valence-electron chi connectivity index (χ2n) is 6.43. The van der Waals surface area contributed by atoms with Crippen molar-refractivity contribution in [1.29, 1.82) is 0 Å². The molecule has 0 aliphatic carbocycles. The number of nitrogens with zero attached hydrogens (tertiary/aromatic N) is 2. The third kappa shape index (κ3) is 3.94. The number of benzene rings is 1. The molecule has 150 valence electrons. The average molecular weight is 405 g/mol. The molecule has 0 saturated heterocycles. The molecule has 1 aromatic carbocycles. The Hall–Kier alpha value is -2.68. The number of ether oxygens (including phenoxy) is 2. The van der Waals surface area contributed by atoms with Crippen molar-refractivity contribution in [2.75, 3.05) is 24.7 Å². The standard InChI is InChI=1S/C19H23N3O5S/c1-3-7-22-17(20)16(18(24)21(2)19(22)25)13(23)11-28-12-5-6-14-15(10-12)27-9-4-8-26-14/h5-6,10H,3-4,7-9,11,20H2,1-2H3. The van der Waals surface area contributed by atoms with Crippen LogP contribution in [0.3, 0.4) is 0 Å². The van der Waals surface area contributed by atoms with E-state index in [0.29, 0.717) is 37.7 Å². The number of fused-ring (bicyclic) bond motifs is 1.